The average molecular weight is 193 g/mol. The van der Waals surface area contributed by atoms with Gasteiger partial charge >= 0.3 is 0 Å². The van der Waals surface area contributed by atoms with Crippen LogP contribution < -0.4 is 0 Å². The Morgan fingerprint density at radius 1 is 1.33 bits per heavy atom. The minimum atomic E-state index is 0.0640. The SMILES string of the molecule is ClCCCCO[C@@H]1CCCCO1. The normalized spacial score (nSPS) is 24.2. The van der Waals surface area contributed by atoms with Crippen molar-refractivity contribution in [3.63, 3.8) is 0 Å². The molecule has 1 aliphatic rings. The Morgan fingerprint density at radius 2 is 2.25 bits per heavy atom. The molecule has 12 heavy (non-hydrogen) atoms. The van der Waals surface area contributed by atoms with Crippen LogP contribution in [-0.4, -0.2) is 25.4 Å². The van der Waals surface area contributed by atoms with E-state index in [1.165, 1.54) is 12.8 Å². The molecule has 0 spiro atoms. The molecule has 1 fully saturated rings. The quantitative estimate of drug-likeness (QED) is 0.493. The van der Waals surface area contributed by atoms with Crippen LogP contribution in [0.3, 0.4) is 0 Å². The summed E-state index contributed by atoms with van der Waals surface area (Å²) in [4.78, 5) is 0. The molecular formula is C9H17ClO2. The molecule has 72 valence electrons. The van der Waals surface area contributed by atoms with E-state index in [9.17, 15) is 0 Å². The lowest BCUT2D eigenvalue weighted by Gasteiger charge is -2.22. The van der Waals surface area contributed by atoms with Gasteiger partial charge in [-0.25, -0.2) is 0 Å². The first kappa shape index (κ1) is 10.3. The van der Waals surface area contributed by atoms with Crippen LogP contribution in [0.4, 0.5) is 0 Å². The van der Waals surface area contributed by atoms with Crippen LogP contribution in [0.2, 0.25) is 0 Å². The molecule has 0 unspecified atom stereocenters. The Hall–Kier alpha value is 0.210. The largest absolute Gasteiger partial charge is 0.353 e. The fourth-order valence-corrected chi connectivity index (χ4v) is 1.44. The molecule has 0 N–H and O–H groups in total. The molecule has 1 atom stereocenters. The predicted molar refractivity (Wildman–Crippen MR) is 49.5 cm³/mol. The zero-order chi connectivity index (χ0) is 8.65. The van der Waals surface area contributed by atoms with Crippen LogP contribution >= 0.6 is 11.6 Å². The molecular weight excluding hydrogens is 176 g/mol. The van der Waals surface area contributed by atoms with Gasteiger partial charge in [0.1, 0.15) is 0 Å². The van der Waals surface area contributed by atoms with Gasteiger partial charge in [0.25, 0.3) is 0 Å². The number of ether oxygens (including phenoxy) is 2. The first-order chi connectivity index (χ1) is 5.93. The van der Waals surface area contributed by atoms with E-state index >= 15 is 0 Å². The van der Waals surface area contributed by atoms with Crippen LogP contribution in [-0.2, 0) is 9.47 Å². The van der Waals surface area contributed by atoms with Crippen LogP contribution in [0.25, 0.3) is 0 Å². The summed E-state index contributed by atoms with van der Waals surface area (Å²) in [6, 6.07) is 0. The van der Waals surface area contributed by atoms with Gasteiger partial charge in [0, 0.05) is 19.1 Å². The number of alkyl halides is 1. The highest BCUT2D eigenvalue weighted by Crippen LogP contribution is 2.13. The van der Waals surface area contributed by atoms with Gasteiger partial charge in [0.15, 0.2) is 6.29 Å². The van der Waals surface area contributed by atoms with Crippen molar-refractivity contribution in [3.8, 4) is 0 Å². The number of hydrogen-bond acceptors (Lipinski definition) is 2. The molecule has 3 heteroatoms. The summed E-state index contributed by atoms with van der Waals surface area (Å²) >= 11 is 5.54. The second kappa shape index (κ2) is 6.70. The summed E-state index contributed by atoms with van der Waals surface area (Å²) < 4.78 is 10.9. The van der Waals surface area contributed by atoms with Crippen molar-refractivity contribution in [3.05, 3.63) is 0 Å². The molecule has 0 aromatic carbocycles. The third kappa shape index (κ3) is 4.29. The van der Waals surface area contributed by atoms with Crippen molar-refractivity contribution in [2.45, 2.75) is 38.4 Å². The third-order valence-corrected chi connectivity index (χ3v) is 2.24. The van der Waals surface area contributed by atoms with Gasteiger partial charge in [0.05, 0.1) is 0 Å². The molecule has 2 nitrogen and oxygen atoms in total. The maximum atomic E-state index is 5.54. The van der Waals surface area contributed by atoms with Gasteiger partial charge in [-0.2, -0.15) is 0 Å². The van der Waals surface area contributed by atoms with Crippen LogP contribution in [0.1, 0.15) is 32.1 Å². The van der Waals surface area contributed by atoms with E-state index in [-0.39, 0.29) is 6.29 Å². The van der Waals surface area contributed by atoms with E-state index in [2.05, 4.69) is 0 Å². The number of halogens is 1. The summed E-state index contributed by atoms with van der Waals surface area (Å²) in [5.74, 6) is 0.731. The smallest absolute Gasteiger partial charge is 0.157 e. The van der Waals surface area contributed by atoms with Crippen molar-refractivity contribution >= 4 is 11.6 Å². The summed E-state index contributed by atoms with van der Waals surface area (Å²) in [5, 5.41) is 0. The van der Waals surface area contributed by atoms with Gasteiger partial charge in [-0.05, 0) is 32.1 Å². The Bertz CT molecular complexity index is 103. The van der Waals surface area contributed by atoms with Gasteiger partial charge < -0.3 is 9.47 Å². The Morgan fingerprint density at radius 3 is 2.92 bits per heavy atom. The summed E-state index contributed by atoms with van der Waals surface area (Å²) in [6.07, 6.45) is 5.62. The van der Waals surface area contributed by atoms with Crippen LogP contribution in [0, 0.1) is 0 Å². The van der Waals surface area contributed by atoms with Gasteiger partial charge in [-0.15, -0.1) is 11.6 Å². The van der Waals surface area contributed by atoms with Crippen LogP contribution in [0.5, 0.6) is 0 Å². The van der Waals surface area contributed by atoms with Crippen molar-refractivity contribution in [2.75, 3.05) is 19.1 Å². The number of rotatable bonds is 5. The molecule has 0 amide bonds. The fourth-order valence-electron chi connectivity index (χ4n) is 1.25. The second-order valence-electron chi connectivity index (χ2n) is 3.06. The van der Waals surface area contributed by atoms with Crippen molar-refractivity contribution in [1.82, 2.24) is 0 Å². The average Bonchev–Trinajstić information content (AvgIpc) is 2.14. The highest BCUT2D eigenvalue weighted by Gasteiger charge is 2.12. The molecule has 1 aliphatic heterocycles. The molecule has 0 aromatic rings. The Kier molecular flexibility index (Phi) is 5.74. The predicted octanol–water partition coefficient (Wildman–Crippen LogP) is 2.55. The maximum absolute atomic E-state index is 5.54. The molecule has 1 heterocycles. The maximum Gasteiger partial charge on any atom is 0.157 e. The highest BCUT2D eigenvalue weighted by atomic mass is 35.5. The van der Waals surface area contributed by atoms with E-state index in [0.717, 1.165) is 38.4 Å². The lowest BCUT2D eigenvalue weighted by molar-refractivity contribution is -0.162. The highest BCUT2D eigenvalue weighted by molar-refractivity contribution is 6.17. The first-order valence-corrected chi connectivity index (χ1v) is 5.26. The van der Waals surface area contributed by atoms with Crippen LogP contribution in [0.15, 0.2) is 0 Å². The van der Waals surface area contributed by atoms with E-state index in [1.54, 1.807) is 0 Å². The topological polar surface area (TPSA) is 18.5 Å². The molecule has 0 saturated carbocycles. The molecule has 0 aliphatic carbocycles. The van der Waals surface area contributed by atoms with E-state index in [0.29, 0.717) is 0 Å². The molecule has 0 aromatic heterocycles. The van der Waals surface area contributed by atoms with E-state index < -0.39 is 0 Å². The second-order valence-corrected chi connectivity index (χ2v) is 3.44. The molecule has 0 bridgehead atoms. The van der Waals surface area contributed by atoms with Gasteiger partial charge in [0.2, 0.25) is 0 Å². The molecule has 1 saturated heterocycles. The lowest BCUT2D eigenvalue weighted by Crippen LogP contribution is -2.22. The standard InChI is InChI=1S/C9H17ClO2/c10-6-2-4-8-12-9-5-1-3-7-11-9/h9H,1-8H2/t9-/m1/s1. The van der Waals surface area contributed by atoms with Gasteiger partial charge in [-0.1, -0.05) is 0 Å². The van der Waals surface area contributed by atoms with E-state index in [4.69, 9.17) is 21.1 Å². The van der Waals surface area contributed by atoms with E-state index in [1.807, 2.05) is 0 Å². The minimum absolute atomic E-state index is 0.0640. The zero-order valence-electron chi connectivity index (χ0n) is 7.43. The fraction of sp³-hybridized carbons (Fsp3) is 1.00. The monoisotopic (exact) mass is 192 g/mol. The molecule has 0 radical (unpaired) electrons. The summed E-state index contributed by atoms with van der Waals surface area (Å²) in [6.45, 7) is 1.65. The summed E-state index contributed by atoms with van der Waals surface area (Å²) in [7, 11) is 0. The van der Waals surface area contributed by atoms with Crippen molar-refractivity contribution in [2.24, 2.45) is 0 Å². The van der Waals surface area contributed by atoms with Crippen molar-refractivity contribution in [1.29, 1.82) is 0 Å². The minimum Gasteiger partial charge on any atom is -0.353 e. The van der Waals surface area contributed by atoms with Gasteiger partial charge in [-0.3, -0.25) is 0 Å². The molecule has 1 rings (SSSR count). The summed E-state index contributed by atoms with van der Waals surface area (Å²) in [5.41, 5.74) is 0. The number of hydrogen-bond donors (Lipinski definition) is 0. The third-order valence-electron chi connectivity index (χ3n) is 1.97. The van der Waals surface area contributed by atoms with Crippen molar-refractivity contribution < 1.29 is 9.47 Å². The zero-order valence-corrected chi connectivity index (χ0v) is 8.18. The lowest BCUT2D eigenvalue weighted by atomic mass is 10.2. The Balaban J connectivity index is 1.91. The Labute approximate surface area is 79.2 Å². The number of unbranched alkanes of at least 4 members (excludes halogenated alkanes) is 1. The first-order valence-electron chi connectivity index (χ1n) is 4.72.